The van der Waals surface area contributed by atoms with Crippen molar-refractivity contribution in [1.82, 2.24) is 20.9 Å². The summed E-state index contributed by atoms with van der Waals surface area (Å²) in [7, 11) is 0. The van der Waals surface area contributed by atoms with Crippen LogP contribution in [0.1, 0.15) is 57.2 Å². The second kappa shape index (κ2) is 13.9. The molecular formula is C36H33Cl2F3N4O3. The van der Waals surface area contributed by atoms with Gasteiger partial charge >= 0.3 is 6.18 Å². The van der Waals surface area contributed by atoms with Gasteiger partial charge in [-0.3, -0.25) is 25.1 Å². The van der Waals surface area contributed by atoms with Crippen molar-refractivity contribution in [3.63, 3.8) is 0 Å². The third kappa shape index (κ3) is 7.09. The number of benzene rings is 4. The molecule has 4 aromatic carbocycles. The topological polar surface area (TPSA) is 82.7 Å². The lowest BCUT2D eigenvalue weighted by atomic mass is 9.88. The van der Waals surface area contributed by atoms with E-state index < -0.39 is 35.3 Å². The van der Waals surface area contributed by atoms with Gasteiger partial charge in [-0.05, 0) is 66.1 Å². The first-order valence-corrected chi connectivity index (χ1v) is 16.3. The maximum Gasteiger partial charge on any atom is 0.416 e. The van der Waals surface area contributed by atoms with Gasteiger partial charge in [0.2, 0.25) is 11.7 Å². The molecule has 2 saturated heterocycles. The molecule has 2 heterocycles. The Bertz CT molecular complexity index is 1730. The fourth-order valence-corrected chi connectivity index (χ4v) is 6.57. The molecule has 48 heavy (non-hydrogen) atoms. The Morgan fingerprint density at radius 2 is 1.48 bits per heavy atom. The first kappa shape index (κ1) is 34.0. The monoisotopic (exact) mass is 696 g/mol. The first-order valence-electron chi connectivity index (χ1n) is 15.5. The molecule has 7 nitrogen and oxygen atoms in total. The van der Waals surface area contributed by atoms with Crippen LogP contribution in [0.5, 0.6) is 5.75 Å². The van der Waals surface area contributed by atoms with Crippen LogP contribution >= 0.6 is 23.2 Å². The van der Waals surface area contributed by atoms with Crippen molar-refractivity contribution < 1.29 is 27.5 Å². The Labute approximate surface area is 286 Å². The maximum absolute atomic E-state index is 14.9. The highest BCUT2D eigenvalue weighted by Crippen LogP contribution is 2.46. The van der Waals surface area contributed by atoms with Gasteiger partial charge in [0.05, 0.1) is 30.8 Å². The number of carbonyl (C=O) groups excluding carboxylic acids is 2. The molecule has 1 amide bonds. The number of hydrogen-bond acceptors (Lipinski definition) is 6. The number of nitrogens with one attached hydrogen (secondary N) is 3. The molecule has 0 spiro atoms. The van der Waals surface area contributed by atoms with Gasteiger partial charge < -0.3 is 10.1 Å². The predicted molar refractivity (Wildman–Crippen MR) is 178 cm³/mol. The Morgan fingerprint density at radius 3 is 2.00 bits per heavy atom. The van der Waals surface area contributed by atoms with Crippen LogP contribution in [0.3, 0.4) is 0 Å². The normalized spacial score (nSPS) is 21.6. The highest BCUT2D eigenvalue weighted by atomic mass is 35.5. The summed E-state index contributed by atoms with van der Waals surface area (Å²) in [6.45, 7) is 3.90. The number of hydrogen-bond donors (Lipinski definition) is 3. The van der Waals surface area contributed by atoms with Crippen LogP contribution in [-0.2, 0) is 23.2 Å². The third-order valence-corrected chi connectivity index (χ3v) is 9.13. The van der Waals surface area contributed by atoms with Crippen molar-refractivity contribution in [1.29, 1.82) is 0 Å². The largest absolute Gasteiger partial charge is 0.493 e. The lowest BCUT2D eigenvalue weighted by Crippen LogP contribution is -2.53. The van der Waals surface area contributed by atoms with Crippen molar-refractivity contribution in [3.05, 3.63) is 134 Å². The zero-order valence-electron chi connectivity index (χ0n) is 25.9. The average molecular weight is 698 g/mol. The zero-order chi connectivity index (χ0) is 34.1. The SMILES string of the molecule is CCOc1ccc(C(F)(F)F)cc1C1(C(=O)c2ccc(CN3CCNC(=O)C3)cc2)NC(c2ccc(Cl)cc2)C(c2ccc(Cl)cc2)N1. The van der Waals surface area contributed by atoms with Crippen LogP contribution in [0.2, 0.25) is 10.0 Å². The smallest absolute Gasteiger partial charge is 0.416 e. The van der Waals surface area contributed by atoms with Crippen LogP contribution in [0, 0.1) is 0 Å². The Hall–Kier alpha value is -3.93. The zero-order valence-corrected chi connectivity index (χ0v) is 27.4. The second-order valence-corrected chi connectivity index (χ2v) is 12.7. The third-order valence-electron chi connectivity index (χ3n) is 8.63. The van der Waals surface area contributed by atoms with E-state index in [2.05, 4.69) is 16.0 Å². The van der Waals surface area contributed by atoms with E-state index >= 15 is 0 Å². The summed E-state index contributed by atoms with van der Waals surface area (Å²) in [5.74, 6) is -0.419. The fraction of sp³-hybridized carbons (Fsp3) is 0.278. The van der Waals surface area contributed by atoms with Crippen molar-refractivity contribution >= 4 is 34.9 Å². The number of carbonyl (C=O) groups is 2. The highest BCUT2D eigenvalue weighted by Gasteiger charge is 2.53. The van der Waals surface area contributed by atoms with E-state index in [9.17, 15) is 22.8 Å². The molecule has 2 unspecified atom stereocenters. The van der Waals surface area contributed by atoms with Gasteiger partial charge in [0.1, 0.15) is 5.75 Å². The summed E-state index contributed by atoms with van der Waals surface area (Å²) < 4.78 is 48.5. The van der Waals surface area contributed by atoms with Crippen molar-refractivity contribution in [3.8, 4) is 5.75 Å². The number of alkyl halides is 3. The number of amides is 1. The van der Waals surface area contributed by atoms with Gasteiger partial charge in [-0.1, -0.05) is 71.7 Å². The Balaban J connectivity index is 1.48. The van der Waals surface area contributed by atoms with E-state index in [0.717, 1.165) is 28.8 Å². The predicted octanol–water partition coefficient (Wildman–Crippen LogP) is 7.05. The molecule has 2 atom stereocenters. The van der Waals surface area contributed by atoms with Crippen LogP contribution in [0.25, 0.3) is 0 Å². The van der Waals surface area contributed by atoms with Crippen LogP contribution in [-0.4, -0.2) is 42.8 Å². The number of nitrogens with zero attached hydrogens (tertiary/aromatic N) is 1. The second-order valence-electron chi connectivity index (χ2n) is 11.8. The van der Waals surface area contributed by atoms with E-state index in [-0.39, 0.29) is 35.9 Å². The number of rotatable bonds is 9. The molecule has 12 heteroatoms. The van der Waals surface area contributed by atoms with Gasteiger partial charge in [0.25, 0.3) is 0 Å². The van der Waals surface area contributed by atoms with Crippen LogP contribution in [0.4, 0.5) is 13.2 Å². The van der Waals surface area contributed by atoms with E-state index in [1.54, 1.807) is 55.5 Å². The molecule has 0 saturated carbocycles. The molecular weight excluding hydrogens is 664 g/mol. The van der Waals surface area contributed by atoms with Crippen LogP contribution < -0.4 is 20.7 Å². The van der Waals surface area contributed by atoms with Crippen molar-refractivity contribution in [2.45, 2.75) is 37.4 Å². The number of halogens is 5. The highest BCUT2D eigenvalue weighted by molar-refractivity contribution is 6.30. The molecule has 250 valence electrons. The van der Waals surface area contributed by atoms with Gasteiger partial charge in [0, 0.05) is 40.8 Å². The van der Waals surface area contributed by atoms with Crippen molar-refractivity contribution in [2.24, 2.45) is 0 Å². The maximum atomic E-state index is 14.9. The number of ketones is 1. The minimum Gasteiger partial charge on any atom is -0.493 e. The first-order chi connectivity index (χ1) is 23.0. The lowest BCUT2D eigenvalue weighted by molar-refractivity contribution is -0.137. The molecule has 0 radical (unpaired) electrons. The number of piperazine rings is 1. The number of ether oxygens (including phenoxy) is 1. The Morgan fingerprint density at radius 1 is 0.896 bits per heavy atom. The molecule has 2 fully saturated rings. The molecule has 3 N–H and O–H groups in total. The fourth-order valence-electron chi connectivity index (χ4n) is 6.32. The van der Waals surface area contributed by atoms with E-state index in [1.807, 2.05) is 29.2 Å². The summed E-state index contributed by atoms with van der Waals surface area (Å²) in [6.07, 6.45) is -4.68. The molecule has 2 aliphatic rings. The quantitative estimate of drug-likeness (QED) is 0.163. The molecule has 0 bridgehead atoms. The Kier molecular flexibility index (Phi) is 9.83. The summed E-state index contributed by atoms with van der Waals surface area (Å²) in [5, 5.41) is 10.7. The molecule has 2 aliphatic heterocycles. The summed E-state index contributed by atoms with van der Waals surface area (Å²) >= 11 is 12.4. The van der Waals surface area contributed by atoms with Gasteiger partial charge in [-0.25, -0.2) is 0 Å². The minimum absolute atomic E-state index is 0.00278. The van der Waals surface area contributed by atoms with Gasteiger partial charge in [-0.15, -0.1) is 0 Å². The van der Waals surface area contributed by atoms with Crippen molar-refractivity contribution in [2.75, 3.05) is 26.2 Å². The molecule has 4 aromatic rings. The van der Waals surface area contributed by atoms with Gasteiger partial charge in [-0.2, -0.15) is 13.2 Å². The molecule has 6 rings (SSSR count). The standard InChI is InChI=1S/C36H33Cl2F3N4O3/c1-2-48-30-16-11-26(36(39,40)41)19-29(30)35(34(47)25-5-3-22(4-6-25)20-45-18-17-42-31(46)21-45)43-32(23-7-12-27(37)13-8-23)33(44-35)24-9-14-28(38)15-10-24/h3-16,19,32-33,43-44H,2,17-18,20-21H2,1H3,(H,42,46). The summed E-state index contributed by atoms with van der Waals surface area (Å²) in [4.78, 5) is 28.8. The molecule has 0 aromatic heterocycles. The lowest BCUT2D eigenvalue weighted by Gasteiger charge is -2.32. The van der Waals surface area contributed by atoms with E-state index in [0.29, 0.717) is 29.7 Å². The van der Waals surface area contributed by atoms with E-state index in [1.165, 1.54) is 6.07 Å². The van der Waals surface area contributed by atoms with Gasteiger partial charge in [0.15, 0.2) is 5.66 Å². The van der Waals surface area contributed by atoms with Crippen LogP contribution in [0.15, 0.2) is 91.0 Å². The minimum atomic E-state index is -4.68. The number of Topliss-reactive ketones (excluding diaryl/α,β-unsaturated/α-hetero) is 1. The summed E-state index contributed by atoms with van der Waals surface area (Å²) in [6, 6.07) is 23.1. The molecule has 0 aliphatic carbocycles. The van der Waals surface area contributed by atoms with E-state index in [4.69, 9.17) is 27.9 Å². The average Bonchev–Trinajstić information content (AvgIpc) is 3.47. The summed E-state index contributed by atoms with van der Waals surface area (Å²) in [5.41, 5.74) is -0.123.